The van der Waals surface area contributed by atoms with Crippen LogP contribution < -0.4 is 0 Å². The summed E-state index contributed by atoms with van der Waals surface area (Å²) < 4.78 is 0. The molecule has 2 heterocycles. The molecule has 2 unspecified atom stereocenters. The maximum atomic E-state index is 10.7. The number of carboxylic acids is 1. The Morgan fingerprint density at radius 1 is 1.18 bits per heavy atom. The number of hydrogen-bond donors (Lipinski definition) is 2. The lowest BCUT2D eigenvalue weighted by Crippen LogP contribution is -2.28. The molecule has 3 nitrogen and oxygen atoms in total. The van der Waals surface area contributed by atoms with Crippen molar-refractivity contribution in [2.75, 3.05) is 0 Å². The highest BCUT2D eigenvalue weighted by Gasteiger charge is 2.47. The van der Waals surface area contributed by atoms with E-state index in [9.17, 15) is 9.90 Å². The average Bonchev–Trinajstić information content (AvgIpc) is 3.30. The summed E-state index contributed by atoms with van der Waals surface area (Å²) >= 11 is 2.18. The van der Waals surface area contributed by atoms with Gasteiger partial charge in [0.15, 0.2) is 0 Å². The fourth-order valence-corrected chi connectivity index (χ4v) is 6.98. The van der Waals surface area contributed by atoms with Crippen LogP contribution in [0.4, 0.5) is 0 Å². The molecule has 2 N–H and O–H groups in total. The minimum Gasteiger partial charge on any atom is -0.481 e. The van der Waals surface area contributed by atoms with Gasteiger partial charge in [0.05, 0.1) is 6.10 Å². The number of aliphatic hydroxyl groups excluding tert-OH is 1. The Hall–Kier alpha value is -1.26. The molecule has 3 rings (SSSR count). The summed E-state index contributed by atoms with van der Waals surface area (Å²) in [5, 5.41) is 21.0. The number of unbranched alkanes of at least 4 members (excludes halogenated alkanes) is 1. The lowest BCUT2D eigenvalue weighted by molar-refractivity contribution is -0.137. The maximum Gasteiger partial charge on any atom is 0.303 e. The van der Waals surface area contributed by atoms with Crippen LogP contribution in [0.15, 0.2) is 42.5 Å². The molecule has 1 aromatic rings. The van der Waals surface area contributed by atoms with Gasteiger partial charge in [0.25, 0.3) is 0 Å². The van der Waals surface area contributed by atoms with E-state index in [1.165, 1.54) is 18.4 Å². The second-order valence-corrected chi connectivity index (χ2v) is 9.94. The second kappa shape index (κ2) is 10.5. The summed E-state index contributed by atoms with van der Waals surface area (Å²) in [6.07, 6.45) is 11.8. The molecule has 2 aliphatic rings. The molecule has 0 amide bonds. The number of thioether (sulfide) groups is 1. The van der Waals surface area contributed by atoms with Crippen molar-refractivity contribution >= 4 is 17.7 Å². The van der Waals surface area contributed by atoms with E-state index in [4.69, 9.17) is 5.11 Å². The number of carbonyl (C=O) groups is 1. The predicted molar refractivity (Wildman–Crippen MR) is 117 cm³/mol. The molecule has 154 valence electrons. The van der Waals surface area contributed by atoms with Crippen LogP contribution in [0.25, 0.3) is 0 Å². The van der Waals surface area contributed by atoms with E-state index in [1.54, 1.807) is 0 Å². The molecule has 2 fully saturated rings. The largest absolute Gasteiger partial charge is 0.481 e. The zero-order valence-electron chi connectivity index (χ0n) is 16.9. The Morgan fingerprint density at radius 2 is 1.89 bits per heavy atom. The van der Waals surface area contributed by atoms with Crippen molar-refractivity contribution in [3.8, 4) is 0 Å². The molecule has 6 atom stereocenters. The number of allylic oxidation sites excluding steroid dienone is 2. The highest BCUT2D eigenvalue weighted by Crippen LogP contribution is 2.55. The number of fused-ring (bicyclic) bond motifs is 2. The van der Waals surface area contributed by atoms with Gasteiger partial charge in [-0.05, 0) is 62.3 Å². The Labute approximate surface area is 173 Å². The van der Waals surface area contributed by atoms with E-state index in [0.717, 1.165) is 48.5 Å². The molecule has 0 aliphatic carbocycles. The molecule has 28 heavy (non-hydrogen) atoms. The van der Waals surface area contributed by atoms with Crippen LogP contribution in [0.2, 0.25) is 0 Å². The first-order chi connectivity index (χ1) is 13.6. The molecule has 1 aromatic carbocycles. The van der Waals surface area contributed by atoms with Gasteiger partial charge in [0.2, 0.25) is 0 Å². The van der Waals surface area contributed by atoms with Gasteiger partial charge in [0.1, 0.15) is 0 Å². The van der Waals surface area contributed by atoms with Gasteiger partial charge in [-0.1, -0.05) is 49.4 Å². The molecule has 0 radical (unpaired) electrons. The van der Waals surface area contributed by atoms with E-state index in [-0.39, 0.29) is 18.4 Å². The monoisotopic (exact) mass is 402 g/mol. The third kappa shape index (κ3) is 5.64. The van der Waals surface area contributed by atoms with E-state index in [1.807, 2.05) is 18.2 Å². The minimum atomic E-state index is -0.707. The third-order valence-corrected chi connectivity index (χ3v) is 8.49. The van der Waals surface area contributed by atoms with Crippen LogP contribution in [0.3, 0.4) is 0 Å². The Balaban J connectivity index is 1.47. The molecule has 0 spiro atoms. The molecular formula is C24H34O3S. The lowest BCUT2D eigenvalue weighted by Gasteiger charge is -2.30. The Bertz CT molecular complexity index is 645. The van der Waals surface area contributed by atoms with Gasteiger partial charge >= 0.3 is 5.97 Å². The fourth-order valence-electron chi connectivity index (χ4n) is 4.93. The van der Waals surface area contributed by atoms with Crippen molar-refractivity contribution in [3.05, 3.63) is 48.0 Å². The lowest BCUT2D eigenvalue weighted by atomic mass is 9.74. The van der Waals surface area contributed by atoms with Gasteiger partial charge in [-0.15, -0.1) is 0 Å². The molecule has 2 saturated heterocycles. The van der Waals surface area contributed by atoms with E-state index in [2.05, 4.69) is 43.0 Å². The topological polar surface area (TPSA) is 57.5 Å². The van der Waals surface area contributed by atoms with Crippen LogP contribution >= 0.6 is 11.8 Å². The van der Waals surface area contributed by atoms with Crippen LogP contribution in [0.1, 0.15) is 69.8 Å². The summed E-state index contributed by atoms with van der Waals surface area (Å²) in [6.45, 7) is 2.13. The van der Waals surface area contributed by atoms with Crippen molar-refractivity contribution in [2.45, 2.75) is 80.8 Å². The van der Waals surface area contributed by atoms with E-state index < -0.39 is 5.97 Å². The highest BCUT2D eigenvalue weighted by molar-refractivity contribution is 8.01. The first kappa shape index (κ1) is 21.4. The molecule has 4 heteroatoms. The molecule has 0 saturated carbocycles. The molecule has 2 aliphatic heterocycles. The normalized spacial score (nSPS) is 28.6. The van der Waals surface area contributed by atoms with Crippen molar-refractivity contribution in [2.24, 2.45) is 11.8 Å². The maximum absolute atomic E-state index is 10.7. The highest BCUT2D eigenvalue weighted by atomic mass is 32.2. The van der Waals surface area contributed by atoms with Gasteiger partial charge < -0.3 is 10.2 Å². The van der Waals surface area contributed by atoms with Crippen LogP contribution in [-0.2, 0) is 4.79 Å². The standard InChI is InChI=1S/C24H34O3S/c1-17(18-9-5-4-6-10-18)21(25)14-13-20-19(22-15-16-23(20)28-22)11-7-2-3-8-12-24(26)27/h2,4-7,9-10,17,19-23,25H,3,8,11-16H2,1H3,(H,26,27)/b7-2-/t17?,19-,20+,21?,22-,23+/m0/s1. The zero-order chi connectivity index (χ0) is 19.9. The molecule has 2 bridgehead atoms. The van der Waals surface area contributed by atoms with Gasteiger partial charge in [-0.2, -0.15) is 11.8 Å². The fraction of sp³-hybridized carbons (Fsp3) is 0.625. The molecule has 0 aromatic heterocycles. The Kier molecular flexibility index (Phi) is 8.04. The summed E-state index contributed by atoms with van der Waals surface area (Å²) in [5.41, 5.74) is 1.22. The van der Waals surface area contributed by atoms with Crippen molar-refractivity contribution < 1.29 is 15.0 Å². The number of benzene rings is 1. The number of carboxylic acid groups (broad SMARTS) is 1. The van der Waals surface area contributed by atoms with Crippen molar-refractivity contribution in [1.82, 2.24) is 0 Å². The van der Waals surface area contributed by atoms with Crippen LogP contribution in [-0.4, -0.2) is 32.8 Å². The van der Waals surface area contributed by atoms with E-state index in [0.29, 0.717) is 5.92 Å². The first-order valence-electron chi connectivity index (χ1n) is 10.8. The first-order valence-corrected chi connectivity index (χ1v) is 11.8. The van der Waals surface area contributed by atoms with E-state index >= 15 is 0 Å². The van der Waals surface area contributed by atoms with Gasteiger partial charge in [-0.3, -0.25) is 4.79 Å². The number of rotatable bonds is 11. The van der Waals surface area contributed by atoms with Gasteiger partial charge in [-0.25, -0.2) is 0 Å². The predicted octanol–water partition coefficient (Wildman–Crippen LogP) is 5.64. The number of aliphatic carboxylic acids is 1. The summed E-state index contributed by atoms with van der Waals surface area (Å²) in [5.74, 6) is 0.907. The third-order valence-electron chi connectivity index (χ3n) is 6.62. The smallest absolute Gasteiger partial charge is 0.303 e. The number of aliphatic hydroxyl groups is 1. The van der Waals surface area contributed by atoms with Crippen molar-refractivity contribution in [3.63, 3.8) is 0 Å². The zero-order valence-corrected chi connectivity index (χ0v) is 17.7. The average molecular weight is 403 g/mol. The number of hydrogen-bond acceptors (Lipinski definition) is 3. The quantitative estimate of drug-likeness (QED) is 0.371. The second-order valence-electron chi connectivity index (χ2n) is 8.46. The summed E-state index contributed by atoms with van der Waals surface area (Å²) in [7, 11) is 0. The summed E-state index contributed by atoms with van der Waals surface area (Å²) in [6, 6.07) is 10.3. The van der Waals surface area contributed by atoms with Crippen LogP contribution in [0, 0.1) is 11.8 Å². The minimum absolute atomic E-state index is 0.181. The SMILES string of the molecule is CC(c1ccccc1)C(O)CC[C@@H]1[C@H](C/C=C\CCCC(=O)O)[C@@H]2CC[C@H]1S2. The Morgan fingerprint density at radius 3 is 2.61 bits per heavy atom. The van der Waals surface area contributed by atoms with Gasteiger partial charge in [0, 0.05) is 22.8 Å². The van der Waals surface area contributed by atoms with Crippen molar-refractivity contribution in [1.29, 1.82) is 0 Å². The van der Waals surface area contributed by atoms with Crippen LogP contribution in [0.5, 0.6) is 0 Å². The molecular weight excluding hydrogens is 368 g/mol. The summed E-state index contributed by atoms with van der Waals surface area (Å²) in [4.78, 5) is 10.6.